The van der Waals surface area contributed by atoms with Gasteiger partial charge < -0.3 is 8.99 Å². The quantitative estimate of drug-likeness (QED) is 0.757. The van der Waals surface area contributed by atoms with Gasteiger partial charge in [0, 0.05) is 25.4 Å². The predicted octanol–water partition coefficient (Wildman–Crippen LogP) is 3.37. The highest BCUT2D eigenvalue weighted by molar-refractivity contribution is 6.74. The van der Waals surface area contributed by atoms with Crippen LogP contribution in [0.1, 0.15) is 26.6 Å². The van der Waals surface area contributed by atoms with Crippen LogP contribution in [0, 0.1) is 0 Å². The number of alkyl halides is 1. The standard InChI is InChI=1S/C12H23FN2OSi/c1-12(2,3)17(4,5)16-9-6-11-14-7-8-15(11)10-13/h7-8H,6,9-10H2,1-5H3. The molecule has 0 aromatic carbocycles. The third-order valence-corrected chi connectivity index (χ3v) is 8.06. The fourth-order valence-electron chi connectivity index (χ4n) is 1.29. The Hall–Kier alpha value is -0.683. The number of hydrogen-bond acceptors (Lipinski definition) is 2. The van der Waals surface area contributed by atoms with Gasteiger partial charge in [0.05, 0.1) is 0 Å². The Balaban J connectivity index is 2.48. The summed E-state index contributed by atoms with van der Waals surface area (Å²) < 4.78 is 20.1. The monoisotopic (exact) mass is 258 g/mol. The first kappa shape index (κ1) is 14.4. The summed E-state index contributed by atoms with van der Waals surface area (Å²) in [5, 5.41) is 0.211. The number of halogens is 1. The van der Waals surface area contributed by atoms with Crippen molar-refractivity contribution >= 4 is 8.32 Å². The molecule has 0 saturated heterocycles. The molecule has 0 aliphatic carbocycles. The van der Waals surface area contributed by atoms with Crippen molar-refractivity contribution in [2.75, 3.05) is 6.61 Å². The van der Waals surface area contributed by atoms with Gasteiger partial charge in [0.1, 0.15) is 5.82 Å². The maximum Gasteiger partial charge on any atom is 0.191 e. The Morgan fingerprint density at radius 2 is 2.06 bits per heavy atom. The normalized spacial score (nSPS) is 13.1. The third-order valence-electron chi connectivity index (χ3n) is 3.53. The van der Waals surface area contributed by atoms with Crippen molar-refractivity contribution in [3.63, 3.8) is 0 Å². The van der Waals surface area contributed by atoms with E-state index < -0.39 is 15.1 Å². The first-order valence-electron chi connectivity index (χ1n) is 5.98. The second-order valence-electron chi connectivity index (χ2n) is 5.79. The molecule has 0 aliphatic rings. The third kappa shape index (κ3) is 3.64. The Bertz CT molecular complexity index is 358. The van der Waals surface area contributed by atoms with E-state index in [1.807, 2.05) is 0 Å². The molecule has 1 aromatic rings. The highest BCUT2D eigenvalue weighted by Gasteiger charge is 2.36. The number of rotatable bonds is 5. The molecule has 17 heavy (non-hydrogen) atoms. The van der Waals surface area contributed by atoms with Crippen molar-refractivity contribution in [3.05, 3.63) is 18.2 Å². The van der Waals surface area contributed by atoms with Gasteiger partial charge in [-0.2, -0.15) is 0 Å². The lowest BCUT2D eigenvalue weighted by atomic mass is 10.2. The molecule has 0 unspecified atom stereocenters. The molecular formula is C12H23FN2OSi. The van der Waals surface area contributed by atoms with Gasteiger partial charge in [-0.25, -0.2) is 9.37 Å². The van der Waals surface area contributed by atoms with Gasteiger partial charge in [0.25, 0.3) is 0 Å². The van der Waals surface area contributed by atoms with Crippen LogP contribution in [0.5, 0.6) is 0 Å². The number of aromatic nitrogens is 2. The van der Waals surface area contributed by atoms with Crippen LogP contribution in [0.3, 0.4) is 0 Å². The Morgan fingerprint density at radius 1 is 1.41 bits per heavy atom. The Labute approximate surface area is 104 Å². The molecule has 0 saturated carbocycles. The van der Waals surface area contributed by atoms with Crippen LogP contribution in [-0.4, -0.2) is 24.5 Å². The van der Waals surface area contributed by atoms with Crippen LogP contribution in [0.25, 0.3) is 0 Å². The van der Waals surface area contributed by atoms with Crippen molar-refractivity contribution in [3.8, 4) is 0 Å². The largest absolute Gasteiger partial charge is 0.416 e. The van der Waals surface area contributed by atoms with Gasteiger partial charge in [0.2, 0.25) is 0 Å². The highest BCUT2D eigenvalue weighted by Crippen LogP contribution is 2.36. The van der Waals surface area contributed by atoms with Crippen LogP contribution in [0.15, 0.2) is 12.4 Å². The molecule has 0 fully saturated rings. The van der Waals surface area contributed by atoms with E-state index in [2.05, 4.69) is 38.8 Å². The molecule has 1 aromatic heterocycles. The minimum atomic E-state index is -1.70. The molecule has 1 rings (SSSR count). The van der Waals surface area contributed by atoms with Gasteiger partial charge >= 0.3 is 0 Å². The van der Waals surface area contributed by atoms with Crippen LogP contribution >= 0.6 is 0 Å². The first-order valence-corrected chi connectivity index (χ1v) is 8.89. The molecule has 98 valence electrons. The molecule has 0 radical (unpaired) electrons. The molecule has 0 atom stereocenters. The van der Waals surface area contributed by atoms with Gasteiger partial charge in [-0.3, -0.25) is 0 Å². The van der Waals surface area contributed by atoms with E-state index in [0.717, 1.165) is 5.82 Å². The van der Waals surface area contributed by atoms with Crippen molar-refractivity contribution in [2.24, 2.45) is 0 Å². The van der Waals surface area contributed by atoms with Gasteiger partial charge in [0.15, 0.2) is 15.1 Å². The van der Waals surface area contributed by atoms with Crippen LogP contribution in [0.2, 0.25) is 18.1 Å². The molecule has 5 heteroatoms. The molecule has 3 nitrogen and oxygen atoms in total. The maximum atomic E-state index is 12.6. The van der Waals surface area contributed by atoms with Crippen molar-refractivity contribution in [1.82, 2.24) is 9.55 Å². The molecular weight excluding hydrogens is 235 g/mol. The summed E-state index contributed by atoms with van der Waals surface area (Å²) in [6.07, 6.45) is 3.95. The van der Waals surface area contributed by atoms with E-state index in [-0.39, 0.29) is 5.04 Å². The zero-order valence-electron chi connectivity index (χ0n) is 11.5. The Kier molecular flexibility index (Phi) is 4.49. The molecule has 0 spiro atoms. The predicted molar refractivity (Wildman–Crippen MR) is 70.2 cm³/mol. The van der Waals surface area contributed by atoms with Crippen molar-refractivity contribution in [2.45, 2.75) is 52.1 Å². The summed E-state index contributed by atoms with van der Waals surface area (Å²) in [4.78, 5) is 4.13. The first-order chi connectivity index (χ1) is 7.78. The summed E-state index contributed by atoms with van der Waals surface area (Å²) in [5.41, 5.74) is 0. The fourth-order valence-corrected chi connectivity index (χ4v) is 2.34. The molecule has 0 N–H and O–H groups in total. The van der Waals surface area contributed by atoms with E-state index in [4.69, 9.17) is 4.43 Å². The number of nitrogens with zero attached hydrogens (tertiary/aromatic N) is 2. The zero-order chi connectivity index (χ0) is 13.1. The number of hydrogen-bond donors (Lipinski definition) is 0. The molecule has 0 bridgehead atoms. The Morgan fingerprint density at radius 3 is 2.59 bits per heavy atom. The smallest absolute Gasteiger partial charge is 0.191 e. The second kappa shape index (κ2) is 5.31. The van der Waals surface area contributed by atoms with E-state index in [1.165, 1.54) is 4.57 Å². The average Bonchev–Trinajstić information content (AvgIpc) is 2.63. The lowest BCUT2D eigenvalue weighted by molar-refractivity contribution is 0.283. The topological polar surface area (TPSA) is 27.1 Å². The van der Waals surface area contributed by atoms with Crippen molar-refractivity contribution < 1.29 is 8.82 Å². The lowest BCUT2D eigenvalue weighted by Gasteiger charge is -2.36. The molecule has 0 aliphatic heterocycles. The second-order valence-corrected chi connectivity index (χ2v) is 10.6. The summed E-state index contributed by atoms with van der Waals surface area (Å²) in [5.74, 6) is 0.756. The minimum Gasteiger partial charge on any atom is -0.416 e. The molecule has 0 amide bonds. The number of imidazole rings is 1. The maximum absolute atomic E-state index is 12.6. The SMILES string of the molecule is CC(C)(C)[Si](C)(C)OCCc1nccn1CF. The van der Waals surface area contributed by atoms with Crippen molar-refractivity contribution in [1.29, 1.82) is 0 Å². The van der Waals surface area contributed by atoms with E-state index in [1.54, 1.807) is 12.4 Å². The summed E-state index contributed by atoms with van der Waals surface area (Å²) in [6.45, 7) is 11.2. The zero-order valence-corrected chi connectivity index (χ0v) is 12.5. The van der Waals surface area contributed by atoms with Gasteiger partial charge in [-0.05, 0) is 18.1 Å². The van der Waals surface area contributed by atoms with E-state index in [0.29, 0.717) is 13.0 Å². The average molecular weight is 258 g/mol. The minimum absolute atomic E-state index is 0.211. The lowest BCUT2D eigenvalue weighted by Crippen LogP contribution is -2.41. The summed E-state index contributed by atoms with van der Waals surface area (Å²) in [6, 6.07) is 0. The van der Waals surface area contributed by atoms with Gasteiger partial charge in [-0.1, -0.05) is 20.8 Å². The van der Waals surface area contributed by atoms with E-state index in [9.17, 15) is 4.39 Å². The van der Waals surface area contributed by atoms with Gasteiger partial charge in [-0.15, -0.1) is 0 Å². The molecule has 1 heterocycles. The summed E-state index contributed by atoms with van der Waals surface area (Å²) >= 11 is 0. The van der Waals surface area contributed by atoms with E-state index >= 15 is 0 Å². The van der Waals surface area contributed by atoms with Crippen LogP contribution in [0.4, 0.5) is 4.39 Å². The van der Waals surface area contributed by atoms with Crippen LogP contribution < -0.4 is 0 Å². The highest BCUT2D eigenvalue weighted by atomic mass is 28.4. The van der Waals surface area contributed by atoms with Crippen LogP contribution in [-0.2, 0) is 17.6 Å². The fraction of sp³-hybridized carbons (Fsp3) is 0.750. The summed E-state index contributed by atoms with van der Waals surface area (Å²) in [7, 11) is -1.70.